The Morgan fingerprint density at radius 3 is 2.67 bits per heavy atom. The molecular weight excluding hydrogens is 324 g/mol. The topological polar surface area (TPSA) is 58.1 Å². The molecule has 120 valence electrons. The third-order valence-corrected chi connectivity index (χ3v) is 3.68. The van der Waals surface area contributed by atoms with Gasteiger partial charge in [0.25, 0.3) is 0 Å². The molecule has 0 radical (unpaired) electrons. The van der Waals surface area contributed by atoms with Gasteiger partial charge in [0.2, 0.25) is 6.41 Å². The first-order valence-electron chi connectivity index (χ1n) is 7.36. The van der Waals surface area contributed by atoms with Gasteiger partial charge in [0, 0.05) is 30.2 Å². The number of benzene rings is 1. The van der Waals surface area contributed by atoms with Crippen LogP contribution < -0.4 is 10.2 Å². The van der Waals surface area contributed by atoms with E-state index >= 15 is 0 Å². The Hall–Kier alpha value is -2.92. The molecule has 6 heteroatoms. The fraction of sp³-hybridized carbons (Fsp3) is 0.0556. The number of halogens is 1. The highest BCUT2D eigenvalue weighted by Gasteiger charge is 2.13. The number of carbonyl (C=O) groups excluding carboxylic acids is 1. The summed E-state index contributed by atoms with van der Waals surface area (Å²) in [5.41, 5.74) is 2.41. The highest BCUT2D eigenvalue weighted by Crippen LogP contribution is 2.30. The van der Waals surface area contributed by atoms with Crippen LogP contribution in [0.5, 0.6) is 0 Å². The number of hydrogen-bond donors (Lipinski definition) is 1. The van der Waals surface area contributed by atoms with Crippen LogP contribution in [0.25, 0.3) is 0 Å². The van der Waals surface area contributed by atoms with Crippen LogP contribution in [-0.2, 0) is 11.3 Å². The summed E-state index contributed by atoms with van der Waals surface area (Å²) in [5.74, 6) is 0.612. The quantitative estimate of drug-likeness (QED) is 0.689. The number of carbonyl (C=O) groups is 1. The first kappa shape index (κ1) is 16.0. The van der Waals surface area contributed by atoms with Gasteiger partial charge < -0.3 is 5.32 Å². The van der Waals surface area contributed by atoms with Gasteiger partial charge in [-0.2, -0.15) is 0 Å². The normalized spacial score (nSPS) is 10.2. The summed E-state index contributed by atoms with van der Waals surface area (Å²) in [6.45, 7) is 0.578. The molecule has 0 saturated heterocycles. The minimum atomic E-state index is 0.564. The van der Waals surface area contributed by atoms with Crippen LogP contribution in [0.4, 0.5) is 17.2 Å². The van der Waals surface area contributed by atoms with Gasteiger partial charge in [0.05, 0.1) is 11.4 Å². The monoisotopic (exact) mass is 338 g/mol. The van der Waals surface area contributed by atoms with Crippen LogP contribution in [0.3, 0.4) is 0 Å². The first-order chi connectivity index (χ1) is 11.8. The van der Waals surface area contributed by atoms with E-state index in [9.17, 15) is 4.79 Å². The van der Waals surface area contributed by atoms with Crippen molar-refractivity contribution in [3.63, 3.8) is 0 Å². The number of hydrogen-bond acceptors (Lipinski definition) is 4. The smallest absolute Gasteiger partial charge is 0.218 e. The Morgan fingerprint density at radius 2 is 1.92 bits per heavy atom. The second kappa shape index (κ2) is 7.57. The maximum Gasteiger partial charge on any atom is 0.218 e. The molecule has 1 aromatic carbocycles. The van der Waals surface area contributed by atoms with E-state index in [1.54, 1.807) is 42.9 Å². The maximum atomic E-state index is 11.7. The summed E-state index contributed by atoms with van der Waals surface area (Å²) < 4.78 is 0. The van der Waals surface area contributed by atoms with E-state index in [1.165, 1.54) is 4.90 Å². The number of amides is 1. The molecule has 0 atom stereocenters. The molecule has 24 heavy (non-hydrogen) atoms. The molecule has 1 amide bonds. The van der Waals surface area contributed by atoms with E-state index in [1.807, 2.05) is 24.3 Å². The number of pyridine rings is 2. The van der Waals surface area contributed by atoms with Crippen molar-refractivity contribution < 1.29 is 4.79 Å². The Balaban J connectivity index is 1.88. The molecule has 0 aliphatic carbocycles. The predicted molar refractivity (Wildman–Crippen MR) is 95.5 cm³/mol. The second-order valence-corrected chi connectivity index (χ2v) is 5.47. The molecule has 0 aliphatic heterocycles. The van der Waals surface area contributed by atoms with Crippen LogP contribution in [0, 0.1) is 0 Å². The van der Waals surface area contributed by atoms with Gasteiger partial charge in [-0.15, -0.1) is 0 Å². The van der Waals surface area contributed by atoms with Crippen molar-refractivity contribution in [3.8, 4) is 0 Å². The van der Waals surface area contributed by atoms with Crippen LogP contribution in [0.15, 0.2) is 67.1 Å². The van der Waals surface area contributed by atoms with Crippen molar-refractivity contribution in [2.45, 2.75) is 6.54 Å². The third kappa shape index (κ3) is 3.70. The highest BCUT2D eigenvalue weighted by molar-refractivity contribution is 6.30. The van der Waals surface area contributed by atoms with Gasteiger partial charge in [-0.1, -0.05) is 17.7 Å². The summed E-state index contributed by atoms with van der Waals surface area (Å²) in [6.07, 6.45) is 5.90. The van der Waals surface area contributed by atoms with Crippen molar-refractivity contribution in [1.82, 2.24) is 9.97 Å². The average Bonchev–Trinajstić information content (AvgIpc) is 2.62. The van der Waals surface area contributed by atoms with Gasteiger partial charge in [0.1, 0.15) is 0 Å². The van der Waals surface area contributed by atoms with Crippen molar-refractivity contribution in [2.75, 3.05) is 10.2 Å². The largest absolute Gasteiger partial charge is 0.364 e. The minimum absolute atomic E-state index is 0.564. The standard InChI is InChI=1S/C18H15ClN4O/c19-15-3-1-4-16(11-15)23(13-24)17-5-2-8-21-18(17)22-12-14-6-9-20-10-7-14/h1-11,13H,12H2,(H,21,22). The van der Waals surface area contributed by atoms with E-state index in [4.69, 9.17) is 11.6 Å². The van der Waals surface area contributed by atoms with E-state index in [0.29, 0.717) is 28.8 Å². The zero-order valence-corrected chi connectivity index (χ0v) is 13.5. The van der Waals surface area contributed by atoms with Crippen molar-refractivity contribution >= 4 is 35.2 Å². The Bertz CT molecular complexity index is 826. The molecule has 0 spiro atoms. The zero-order chi connectivity index (χ0) is 16.8. The van der Waals surface area contributed by atoms with Gasteiger partial charge >= 0.3 is 0 Å². The third-order valence-electron chi connectivity index (χ3n) is 3.45. The molecule has 0 bridgehead atoms. The van der Waals surface area contributed by atoms with Crippen LogP contribution >= 0.6 is 11.6 Å². The molecular formula is C18H15ClN4O. The molecule has 0 unspecified atom stereocenters. The lowest BCUT2D eigenvalue weighted by Crippen LogP contribution is -2.17. The summed E-state index contributed by atoms with van der Waals surface area (Å²) in [6, 6.07) is 14.6. The first-order valence-corrected chi connectivity index (χ1v) is 7.73. The van der Waals surface area contributed by atoms with Crippen LogP contribution in [0.2, 0.25) is 5.02 Å². The van der Waals surface area contributed by atoms with E-state index in [2.05, 4.69) is 15.3 Å². The molecule has 0 saturated carbocycles. The van der Waals surface area contributed by atoms with Gasteiger partial charge in [-0.25, -0.2) is 4.98 Å². The minimum Gasteiger partial charge on any atom is -0.364 e. The molecule has 2 aromatic heterocycles. The van der Waals surface area contributed by atoms with Crippen molar-refractivity contribution in [2.24, 2.45) is 0 Å². The number of anilines is 3. The summed E-state index contributed by atoms with van der Waals surface area (Å²) in [5, 5.41) is 3.82. The molecule has 5 nitrogen and oxygen atoms in total. The number of aromatic nitrogens is 2. The van der Waals surface area contributed by atoms with Gasteiger partial charge in [0.15, 0.2) is 5.82 Å². The van der Waals surface area contributed by atoms with E-state index in [-0.39, 0.29) is 0 Å². The molecule has 0 aliphatic rings. The van der Waals surface area contributed by atoms with E-state index < -0.39 is 0 Å². The summed E-state index contributed by atoms with van der Waals surface area (Å²) in [4.78, 5) is 21.5. The molecule has 3 rings (SSSR count). The number of rotatable bonds is 6. The highest BCUT2D eigenvalue weighted by atomic mass is 35.5. The molecule has 0 fully saturated rings. The molecule has 1 N–H and O–H groups in total. The second-order valence-electron chi connectivity index (χ2n) is 5.04. The van der Waals surface area contributed by atoms with Crippen LogP contribution in [-0.4, -0.2) is 16.4 Å². The number of nitrogens with one attached hydrogen (secondary N) is 1. The van der Waals surface area contributed by atoms with Crippen molar-refractivity contribution in [1.29, 1.82) is 0 Å². The van der Waals surface area contributed by atoms with E-state index in [0.717, 1.165) is 12.0 Å². The Kier molecular flexibility index (Phi) is 5.03. The summed E-state index contributed by atoms with van der Waals surface area (Å²) >= 11 is 6.03. The maximum absolute atomic E-state index is 11.7. The zero-order valence-electron chi connectivity index (χ0n) is 12.8. The lowest BCUT2D eigenvalue weighted by atomic mass is 10.2. The average molecular weight is 339 g/mol. The molecule has 3 aromatic rings. The molecule has 2 heterocycles. The SMILES string of the molecule is O=CN(c1cccc(Cl)c1)c1cccnc1NCc1ccncc1. The van der Waals surface area contributed by atoms with Gasteiger partial charge in [-0.3, -0.25) is 14.7 Å². The fourth-order valence-corrected chi connectivity index (χ4v) is 2.48. The summed E-state index contributed by atoms with van der Waals surface area (Å²) in [7, 11) is 0. The number of nitrogens with zero attached hydrogens (tertiary/aromatic N) is 3. The fourth-order valence-electron chi connectivity index (χ4n) is 2.30. The lowest BCUT2D eigenvalue weighted by Gasteiger charge is -2.21. The predicted octanol–water partition coefficient (Wildman–Crippen LogP) is 4.04. The van der Waals surface area contributed by atoms with Crippen LogP contribution in [0.1, 0.15) is 5.56 Å². The van der Waals surface area contributed by atoms with Crippen molar-refractivity contribution in [3.05, 3.63) is 77.7 Å². The Morgan fingerprint density at radius 1 is 1.08 bits per heavy atom. The van der Waals surface area contributed by atoms with Gasteiger partial charge in [-0.05, 0) is 48.0 Å². The lowest BCUT2D eigenvalue weighted by molar-refractivity contribution is -0.106. The Labute approximate surface area is 144 Å².